The van der Waals surface area contributed by atoms with Crippen molar-refractivity contribution in [1.82, 2.24) is 10.2 Å². The monoisotopic (exact) mass is 513 g/mol. The molecule has 0 unspecified atom stereocenters. The highest BCUT2D eigenvalue weighted by Gasteiger charge is 2.16. The van der Waals surface area contributed by atoms with Gasteiger partial charge in [-0.1, -0.05) is 35.0 Å². The van der Waals surface area contributed by atoms with E-state index in [1.807, 2.05) is 0 Å². The van der Waals surface area contributed by atoms with E-state index in [1.54, 1.807) is 48.5 Å². The van der Waals surface area contributed by atoms with Crippen molar-refractivity contribution in [2.75, 3.05) is 11.1 Å². The number of halogens is 1. The Hall–Kier alpha value is -3.37. The molecular weight excluding hydrogens is 498 g/mol. The quantitative estimate of drug-likeness (QED) is 0.399. The van der Waals surface area contributed by atoms with E-state index < -0.39 is 21.4 Å². The van der Waals surface area contributed by atoms with Crippen LogP contribution in [-0.2, 0) is 9.84 Å². The number of amides is 1. The van der Waals surface area contributed by atoms with Crippen LogP contribution < -0.4 is 10.9 Å². The van der Waals surface area contributed by atoms with Crippen molar-refractivity contribution in [3.8, 4) is 11.3 Å². The minimum Gasteiger partial charge on any atom is -0.422 e. The molecule has 2 aromatic carbocycles. The Kier molecular flexibility index (Phi) is 5.90. The predicted octanol–water partition coefficient (Wildman–Crippen LogP) is 4.06. The molecule has 0 aliphatic rings. The number of nitrogens with one attached hydrogen (secondary N) is 1. The topological polar surface area (TPSA) is 119 Å². The van der Waals surface area contributed by atoms with Crippen molar-refractivity contribution in [1.29, 1.82) is 0 Å². The van der Waals surface area contributed by atoms with Crippen LogP contribution in [0.3, 0.4) is 0 Å². The Bertz CT molecular complexity index is 1500. The molecule has 1 N–H and O–H groups in total. The third kappa shape index (κ3) is 4.46. The fraction of sp³-hybridized carbons (Fsp3) is 0.0909. The normalized spacial score (nSPS) is 11.4. The number of anilines is 1. The lowest BCUT2D eigenvalue weighted by Gasteiger charge is -2.08. The highest BCUT2D eigenvalue weighted by molar-refractivity contribution is 9.10. The molecule has 2 heterocycles. The molecule has 8 nitrogen and oxygen atoms in total. The van der Waals surface area contributed by atoms with Crippen molar-refractivity contribution in [3.63, 3.8) is 0 Å². The largest absolute Gasteiger partial charge is 0.422 e. The maximum absolute atomic E-state index is 12.7. The lowest BCUT2D eigenvalue weighted by Crippen LogP contribution is -2.20. The molecule has 0 spiro atoms. The summed E-state index contributed by atoms with van der Waals surface area (Å²) >= 11 is 3.35. The lowest BCUT2D eigenvalue weighted by molar-refractivity contribution is 0.102. The molecule has 0 bridgehead atoms. The Morgan fingerprint density at radius 2 is 1.88 bits per heavy atom. The lowest BCUT2D eigenvalue weighted by atomic mass is 10.1. The van der Waals surface area contributed by atoms with Gasteiger partial charge in [-0.15, -0.1) is 10.2 Å². The molecule has 0 aliphatic heterocycles. The van der Waals surface area contributed by atoms with Crippen molar-refractivity contribution >= 4 is 48.3 Å². The summed E-state index contributed by atoms with van der Waals surface area (Å²) in [5.41, 5.74) is 0.982. The van der Waals surface area contributed by atoms with Gasteiger partial charge in [-0.3, -0.25) is 4.79 Å². The van der Waals surface area contributed by atoms with Gasteiger partial charge in [0.1, 0.15) is 11.1 Å². The second-order valence-electron chi connectivity index (χ2n) is 6.82. The minimum atomic E-state index is -3.45. The summed E-state index contributed by atoms with van der Waals surface area (Å²) in [4.78, 5) is 25.0. The first kappa shape index (κ1) is 21.8. The second kappa shape index (κ2) is 8.64. The number of fused-ring (bicyclic) bond motifs is 1. The number of aromatic nitrogens is 2. The molecule has 0 aliphatic carbocycles. The SMILES string of the molecule is CCS(=O)(=O)c1ccc(-c2cccc(NC(=O)c3cc4cc(Br)ccc4oc3=O)c2)nn1. The van der Waals surface area contributed by atoms with Crippen LogP contribution in [0.15, 0.2) is 79.4 Å². The molecule has 1 amide bonds. The van der Waals surface area contributed by atoms with Crippen LogP contribution in [-0.4, -0.2) is 30.3 Å². The van der Waals surface area contributed by atoms with E-state index in [-0.39, 0.29) is 16.3 Å². The van der Waals surface area contributed by atoms with Crippen LogP contribution in [0.5, 0.6) is 0 Å². The molecule has 0 fully saturated rings. The summed E-state index contributed by atoms with van der Waals surface area (Å²) in [7, 11) is -3.45. The predicted molar refractivity (Wildman–Crippen MR) is 123 cm³/mol. The summed E-state index contributed by atoms with van der Waals surface area (Å²) < 4.78 is 29.8. The van der Waals surface area contributed by atoms with E-state index in [4.69, 9.17) is 4.42 Å². The van der Waals surface area contributed by atoms with Crippen LogP contribution >= 0.6 is 15.9 Å². The minimum absolute atomic E-state index is 0.0672. The zero-order chi connectivity index (χ0) is 22.9. The molecular formula is C22H16BrN3O5S. The van der Waals surface area contributed by atoms with Gasteiger partial charge in [0.05, 0.1) is 11.4 Å². The standard InChI is InChI=1S/C22H16BrN3O5S/c1-2-32(29,30)20-9-7-18(25-26-20)13-4-3-5-16(11-13)24-21(27)17-12-14-10-15(23)6-8-19(14)31-22(17)28/h3-12H,2H2,1H3,(H,24,27). The van der Waals surface area contributed by atoms with E-state index >= 15 is 0 Å². The molecule has 2 aromatic heterocycles. The van der Waals surface area contributed by atoms with Crippen molar-refractivity contribution in [3.05, 3.63) is 81.1 Å². The third-order valence-electron chi connectivity index (χ3n) is 4.69. The average molecular weight is 514 g/mol. The highest BCUT2D eigenvalue weighted by Crippen LogP contribution is 2.23. The molecule has 162 valence electrons. The summed E-state index contributed by atoms with van der Waals surface area (Å²) in [6, 6.07) is 16.3. The van der Waals surface area contributed by atoms with Crippen molar-refractivity contribution < 1.29 is 17.6 Å². The number of rotatable bonds is 5. The Morgan fingerprint density at radius 3 is 2.59 bits per heavy atom. The van der Waals surface area contributed by atoms with Gasteiger partial charge in [0, 0.05) is 21.1 Å². The van der Waals surface area contributed by atoms with Gasteiger partial charge < -0.3 is 9.73 Å². The fourth-order valence-electron chi connectivity index (χ4n) is 3.00. The fourth-order valence-corrected chi connectivity index (χ4v) is 4.11. The number of carbonyl (C=O) groups is 1. The van der Waals surface area contributed by atoms with Crippen LogP contribution in [0.25, 0.3) is 22.2 Å². The van der Waals surface area contributed by atoms with Crippen LogP contribution in [0, 0.1) is 0 Å². The van der Waals surface area contributed by atoms with E-state index in [1.165, 1.54) is 19.1 Å². The molecule has 4 aromatic rings. The first-order chi connectivity index (χ1) is 15.3. The molecule has 10 heteroatoms. The van der Waals surface area contributed by atoms with Gasteiger partial charge in [0.15, 0.2) is 14.9 Å². The Labute approximate surface area is 191 Å². The molecule has 0 saturated carbocycles. The number of hydrogen-bond donors (Lipinski definition) is 1. The molecule has 4 rings (SSSR count). The Balaban J connectivity index is 1.61. The Morgan fingerprint density at radius 1 is 1.06 bits per heavy atom. The summed E-state index contributed by atoms with van der Waals surface area (Å²) in [5.74, 6) is -0.685. The molecule has 32 heavy (non-hydrogen) atoms. The smallest absolute Gasteiger partial charge is 0.349 e. The van der Waals surface area contributed by atoms with E-state index in [0.717, 1.165) is 4.47 Å². The molecule has 0 atom stereocenters. The summed E-state index contributed by atoms with van der Waals surface area (Å²) in [6.07, 6.45) is 0. The second-order valence-corrected chi connectivity index (χ2v) is 9.97. The van der Waals surface area contributed by atoms with Crippen LogP contribution in [0.2, 0.25) is 0 Å². The first-order valence-electron chi connectivity index (χ1n) is 9.48. The first-order valence-corrected chi connectivity index (χ1v) is 11.9. The molecule has 0 radical (unpaired) electrons. The maximum Gasteiger partial charge on any atom is 0.349 e. The van der Waals surface area contributed by atoms with E-state index in [9.17, 15) is 18.0 Å². The maximum atomic E-state index is 12.7. The van der Waals surface area contributed by atoms with Gasteiger partial charge in [0.2, 0.25) is 0 Å². The average Bonchev–Trinajstić information content (AvgIpc) is 2.79. The van der Waals surface area contributed by atoms with Gasteiger partial charge in [0.25, 0.3) is 5.91 Å². The number of hydrogen-bond acceptors (Lipinski definition) is 7. The van der Waals surface area contributed by atoms with Gasteiger partial charge in [-0.05, 0) is 48.5 Å². The summed E-state index contributed by atoms with van der Waals surface area (Å²) in [6.45, 7) is 1.53. The third-order valence-corrected chi connectivity index (χ3v) is 6.80. The number of sulfone groups is 1. The zero-order valence-corrected chi connectivity index (χ0v) is 19.1. The van der Waals surface area contributed by atoms with Gasteiger partial charge in [-0.2, -0.15) is 0 Å². The zero-order valence-electron chi connectivity index (χ0n) is 16.7. The number of benzene rings is 2. The van der Waals surface area contributed by atoms with Crippen molar-refractivity contribution in [2.24, 2.45) is 0 Å². The van der Waals surface area contributed by atoms with Gasteiger partial charge >= 0.3 is 5.63 Å². The number of nitrogens with zero attached hydrogens (tertiary/aromatic N) is 2. The van der Waals surface area contributed by atoms with E-state index in [0.29, 0.717) is 27.9 Å². The van der Waals surface area contributed by atoms with Gasteiger partial charge in [-0.25, -0.2) is 13.2 Å². The van der Waals surface area contributed by atoms with E-state index in [2.05, 4.69) is 31.4 Å². The van der Waals surface area contributed by atoms with Crippen LogP contribution in [0.4, 0.5) is 5.69 Å². The summed E-state index contributed by atoms with van der Waals surface area (Å²) in [5, 5.41) is 11.0. The van der Waals surface area contributed by atoms with Crippen LogP contribution in [0.1, 0.15) is 17.3 Å². The highest BCUT2D eigenvalue weighted by atomic mass is 79.9. The van der Waals surface area contributed by atoms with Crippen molar-refractivity contribution in [2.45, 2.75) is 11.9 Å². The number of carbonyl (C=O) groups excluding carboxylic acids is 1. The molecule has 0 saturated heterocycles.